The number of rotatable bonds is 3. The van der Waals surface area contributed by atoms with Crippen molar-refractivity contribution in [3.63, 3.8) is 0 Å². The average molecular weight is 329 g/mol. The van der Waals surface area contributed by atoms with Crippen LogP contribution in [-0.4, -0.2) is 14.9 Å². The first kappa shape index (κ1) is 14.1. The highest BCUT2D eigenvalue weighted by Gasteiger charge is 2.83. The smallest absolute Gasteiger partial charge is 0.200 e. The molecule has 1 heterocycles. The number of alkyl halides is 2. The molecule has 1 saturated carbocycles. The first-order valence-electron chi connectivity index (χ1n) is 7.30. The summed E-state index contributed by atoms with van der Waals surface area (Å²) in [6.45, 7) is 0. The van der Waals surface area contributed by atoms with Gasteiger partial charge in [-0.1, -0.05) is 83.9 Å². The first-order valence-corrected chi connectivity index (χ1v) is 8.06. The van der Waals surface area contributed by atoms with Crippen LogP contribution >= 0.6 is 23.2 Å². The Balaban J connectivity index is 1.95. The van der Waals surface area contributed by atoms with Crippen LogP contribution in [0, 0.1) is 11.3 Å². The Bertz CT molecular complexity index is 706. The predicted molar refractivity (Wildman–Crippen MR) is 87.5 cm³/mol. The zero-order chi connectivity index (χ0) is 15.4. The molecule has 0 bridgehead atoms. The molecule has 4 heteroatoms. The molecule has 22 heavy (non-hydrogen) atoms. The summed E-state index contributed by atoms with van der Waals surface area (Å²) in [5.74, 6) is 0. The molecular formula is C18H14Cl2N2. The second-order valence-corrected chi connectivity index (χ2v) is 7.25. The van der Waals surface area contributed by atoms with Gasteiger partial charge in [0.15, 0.2) is 0 Å². The van der Waals surface area contributed by atoms with Crippen LogP contribution in [0.3, 0.4) is 0 Å². The molecular weight excluding hydrogens is 315 g/mol. The van der Waals surface area contributed by atoms with Gasteiger partial charge in [0.1, 0.15) is 11.1 Å². The molecule has 0 radical (unpaired) electrons. The fourth-order valence-electron chi connectivity index (χ4n) is 3.53. The second kappa shape index (κ2) is 4.49. The normalized spacial score (nSPS) is 26.0. The minimum absolute atomic E-state index is 0.546. The number of nitrogens with zero attached hydrogens (tertiary/aromatic N) is 2. The molecule has 2 aromatic carbocycles. The van der Waals surface area contributed by atoms with Gasteiger partial charge in [-0.15, -0.1) is 0 Å². The monoisotopic (exact) mass is 328 g/mol. The van der Waals surface area contributed by atoms with Gasteiger partial charge in [-0.2, -0.15) is 5.26 Å². The fourth-order valence-corrected chi connectivity index (χ4v) is 4.63. The summed E-state index contributed by atoms with van der Waals surface area (Å²) in [6.07, 6.45) is 1.62. The third-order valence-electron chi connectivity index (χ3n) is 4.74. The summed E-state index contributed by atoms with van der Waals surface area (Å²) >= 11 is 13.5. The van der Waals surface area contributed by atoms with Crippen LogP contribution in [0.4, 0.5) is 0 Å². The maximum atomic E-state index is 9.62. The molecule has 2 aliphatic rings. The molecule has 110 valence electrons. The lowest BCUT2D eigenvalue weighted by Gasteiger charge is -2.20. The quantitative estimate of drug-likeness (QED) is 0.473. The lowest BCUT2D eigenvalue weighted by molar-refractivity contribution is 0.371. The molecule has 0 spiro atoms. The molecule has 4 rings (SSSR count). The van der Waals surface area contributed by atoms with E-state index in [1.807, 2.05) is 65.6 Å². The van der Waals surface area contributed by atoms with Gasteiger partial charge in [-0.05, 0) is 24.0 Å². The van der Waals surface area contributed by atoms with Crippen molar-refractivity contribution in [1.82, 2.24) is 4.90 Å². The summed E-state index contributed by atoms with van der Waals surface area (Å²) in [7, 11) is 0. The third-order valence-corrected chi connectivity index (χ3v) is 5.63. The van der Waals surface area contributed by atoms with E-state index in [2.05, 4.69) is 6.07 Å². The van der Waals surface area contributed by atoms with Crippen molar-refractivity contribution in [2.24, 2.45) is 0 Å². The molecule has 2 nitrogen and oxygen atoms in total. The van der Waals surface area contributed by atoms with Crippen LogP contribution in [0.25, 0.3) is 0 Å². The minimum Gasteiger partial charge on any atom is -0.233 e. The molecule has 1 unspecified atom stereocenters. The van der Waals surface area contributed by atoms with Crippen molar-refractivity contribution in [1.29, 1.82) is 5.26 Å². The van der Waals surface area contributed by atoms with E-state index in [4.69, 9.17) is 23.2 Å². The average Bonchev–Trinajstić information content (AvgIpc) is 3.43. The number of halogens is 2. The molecule has 1 atom stereocenters. The van der Waals surface area contributed by atoms with E-state index in [1.165, 1.54) is 0 Å². The Morgan fingerprint density at radius 1 is 0.864 bits per heavy atom. The Morgan fingerprint density at radius 2 is 1.32 bits per heavy atom. The molecule has 2 fully saturated rings. The highest BCUT2D eigenvalue weighted by atomic mass is 35.5. The third kappa shape index (κ3) is 1.59. The number of hydrogen-bond donors (Lipinski definition) is 0. The molecule has 0 aromatic heterocycles. The van der Waals surface area contributed by atoms with Crippen LogP contribution in [0.1, 0.15) is 24.0 Å². The van der Waals surface area contributed by atoms with Crippen LogP contribution in [0.15, 0.2) is 60.7 Å². The van der Waals surface area contributed by atoms with E-state index >= 15 is 0 Å². The zero-order valence-corrected chi connectivity index (χ0v) is 13.3. The summed E-state index contributed by atoms with van der Waals surface area (Å²) in [4.78, 5) is 1.97. The van der Waals surface area contributed by atoms with Gasteiger partial charge in [0.2, 0.25) is 4.46 Å². The maximum absolute atomic E-state index is 9.62. The number of hydrogen-bond acceptors (Lipinski definition) is 2. The molecule has 2 aromatic rings. The Kier molecular flexibility index (Phi) is 2.87. The van der Waals surface area contributed by atoms with E-state index in [1.54, 1.807) is 0 Å². The lowest BCUT2D eigenvalue weighted by Crippen LogP contribution is -2.27. The standard InChI is InChI=1S/C18H14Cl2N2/c19-18(20)17(14-7-3-1-4-8-14,15-9-5-2-6-10-15)22(18)16(13-21)11-12-16/h1-10H,11-12H2. The highest BCUT2D eigenvalue weighted by Crippen LogP contribution is 2.74. The van der Waals surface area contributed by atoms with Crippen LogP contribution in [0.2, 0.25) is 0 Å². The van der Waals surface area contributed by atoms with Crippen LogP contribution in [0.5, 0.6) is 0 Å². The van der Waals surface area contributed by atoms with Crippen LogP contribution < -0.4 is 0 Å². The largest absolute Gasteiger partial charge is 0.233 e. The summed E-state index contributed by atoms with van der Waals surface area (Å²) in [6, 6.07) is 22.4. The van der Waals surface area contributed by atoms with Gasteiger partial charge in [-0.3, -0.25) is 0 Å². The van der Waals surface area contributed by atoms with E-state index < -0.39 is 15.5 Å². The zero-order valence-electron chi connectivity index (χ0n) is 11.8. The number of nitriles is 1. The molecule has 0 amide bonds. The predicted octanol–water partition coefficient (Wildman–Crippen LogP) is 4.43. The van der Waals surface area contributed by atoms with Crippen molar-refractivity contribution >= 4 is 23.2 Å². The van der Waals surface area contributed by atoms with Gasteiger partial charge >= 0.3 is 0 Å². The Labute approximate surface area is 139 Å². The molecule has 1 aliphatic carbocycles. The van der Waals surface area contributed by atoms with Gasteiger partial charge in [0, 0.05) is 0 Å². The van der Waals surface area contributed by atoms with Crippen molar-refractivity contribution in [2.45, 2.75) is 28.4 Å². The van der Waals surface area contributed by atoms with Gasteiger partial charge < -0.3 is 0 Å². The van der Waals surface area contributed by atoms with Crippen LogP contribution in [-0.2, 0) is 5.54 Å². The fraction of sp³-hybridized carbons (Fsp3) is 0.278. The molecule has 0 N–H and O–H groups in total. The molecule has 1 aliphatic heterocycles. The van der Waals surface area contributed by atoms with Crippen molar-refractivity contribution in [3.05, 3.63) is 71.8 Å². The summed E-state index contributed by atoms with van der Waals surface area (Å²) < 4.78 is -1.11. The van der Waals surface area contributed by atoms with Crippen molar-refractivity contribution in [2.75, 3.05) is 0 Å². The Hall–Kier alpha value is -1.53. The highest BCUT2D eigenvalue weighted by molar-refractivity contribution is 6.52. The van der Waals surface area contributed by atoms with Crippen molar-refractivity contribution in [3.8, 4) is 6.07 Å². The van der Waals surface area contributed by atoms with Gasteiger partial charge in [0.25, 0.3) is 0 Å². The number of benzene rings is 2. The first-order chi connectivity index (χ1) is 10.6. The maximum Gasteiger partial charge on any atom is 0.200 e. The summed E-state index contributed by atoms with van der Waals surface area (Å²) in [5, 5.41) is 9.62. The molecule has 1 saturated heterocycles. The van der Waals surface area contributed by atoms with Gasteiger partial charge in [0.05, 0.1) is 6.07 Å². The van der Waals surface area contributed by atoms with Gasteiger partial charge in [-0.25, -0.2) is 4.90 Å². The van der Waals surface area contributed by atoms with Crippen molar-refractivity contribution < 1.29 is 0 Å². The summed E-state index contributed by atoms with van der Waals surface area (Å²) in [5.41, 5.74) is 0.834. The topological polar surface area (TPSA) is 26.8 Å². The second-order valence-electron chi connectivity index (χ2n) is 5.96. The SMILES string of the molecule is N#CC1(N2C(Cl)(Cl)C2(c2ccccc2)c2ccccc2)CC1. The Morgan fingerprint density at radius 3 is 1.68 bits per heavy atom. The lowest BCUT2D eigenvalue weighted by atomic mass is 9.90. The van der Waals surface area contributed by atoms with E-state index in [-0.39, 0.29) is 0 Å². The van der Waals surface area contributed by atoms with E-state index in [0.29, 0.717) is 0 Å². The van der Waals surface area contributed by atoms with E-state index in [9.17, 15) is 5.26 Å². The van der Waals surface area contributed by atoms with E-state index in [0.717, 1.165) is 24.0 Å². The minimum atomic E-state index is -1.11.